The molecule has 1 heterocycles. The molecule has 0 saturated carbocycles. The first-order valence-corrected chi connectivity index (χ1v) is 5.64. The molecule has 0 aliphatic heterocycles. The Hall–Kier alpha value is -2.03. The number of alkyl carbamates (subject to hydrolysis) is 1. The first-order chi connectivity index (χ1) is 8.40. The lowest BCUT2D eigenvalue weighted by atomic mass is 10.1. The van der Waals surface area contributed by atoms with E-state index in [0.717, 1.165) is 0 Å². The van der Waals surface area contributed by atoms with Gasteiger partial charge in [-0.15, -0.1) is 0 Å². The van der Waals surface area contributed by atoms with Crippen LogP contribution in [0.3, 0.4) is 0 Å². The summed E-state index contributed by atoms with van der Waals surface area (Å²) in [5, 5.41) is 11.4. The highest BCUT2D eigenvalue weighted by atomic mass is 16.6. The molecule has 18 heavy (non-hydrogen) atoms. The molecular formula is C12H17N3O3. The maximum atomic E-state index is 11.6. The number of hydrogen-bond donors (Lipinski definition) is 1. The van der Waals surface area contributed by atoms with Crippen LogP contribution in [0.25, 0.3) is 0 Å². The molecule has 6 nitrogen and oxygen atoms in total. The van der Waals surface area contributed by atoms with Crippen molar-refractivity contribution in [1.29, 1.82) is 5.26 Å². The third-order valence-electron chi connectivity index (χ3n) is 2.00. The second-order valence-electron chi connectivity index (χ2n) is 4.89. The Morgan fingerprint density at radius 1 is 1.67 bits per heavy atom. The van der Waals surface area contributed by atoms with Crippen LogP contribution in [-0.4, -0.2) is 22.7 Å². The zero-order valence-electron chi connectivity index (χ0n) is 10.8. The van der Waals surface area contributed by atoms with Gasteiger partial charge >= 0.3 is 6.09 Å². The topological polar surface area (TPSA) is 88.1 Å². The van der Waals surface area contributed by atoms with Gasteiger partial charge in [-0.1, -0.05) is 0 Å². The number of carbonyl (C=O) groups is 1. The summed E-state index contributed by atoms with van der Waals surface area (Å²) in [6, 6.07) is 1.68. The van der Waals surface area contributed by atoms with E-state index in [1.807, 2.05) is 6.07 Å². The largest absolute Gasteiger partial charge is 0.451 e. The van der Waals surface area contributed by atoms with Gasteiger partial charge in [0.2, 0.25) is 0 Å². The van der Waals surface area contributed by atoms with Crippen LogP contribution in [0.2, 0.25) is 0 Å². The summed E-state index contributed by atoms with van der Waals surface area (Å²) in [4.78, 5) is 15.5. The standard InChI is InChI=1S/C12H17N3O3/c1-12(2,3)18-11(16)15-9(4-5-13)6-10-7-17-8-14-10/h7-9H,4,6H2,1-3H3,(H,15,16). The van der Waals surface area contributed by atoms with E-state index in [9.17, 15) is 4.79 Å². The van der Waals surface area contributed by atoms with Crippen LogP contribution in [0.1, 0.15) is 32.9 Å². The van der Waals surface area contributed by atoms with Gasteiger partial charge in [-0.3, -0.25) is 0 Å². The van der Waals surface area contributed by atoms with Crippen molar-refractivity contribution in [3.05, 3.63) is 18.4 Å². The molecule has 6 heteroatoms. The molecule has 1 aromatic heterocycles. The van der Waals surface area contributed by atoms with Crippen LogP contribution in [0.4, 0.5) is 4.79 Å². The second kappa shape index (κ2) is 6.05. The van der Waals surface area contributed by atoms with E-state index >= 15 is 0 Å². The van der Waals surface area contributed by atoms with Crippen molar-refractivity contribution in [3.63, 3.8) is 0 Å². The number of rotatable bonds is 4. The van der Waals surface area contributed by atoms with Crippen LogP contribution >= 0.6 is 0 Å². The second-order valence-corrected chi connectivity index (χ2v) is 4.89. The fourth-order valence-electron chi connectivity index (χ4n) is 1.35. The van der Waals surface area contributed by atoms with Crippen molar-refractivity contribution in [3.8, 4) is 6.07 Å². The summed E-state index contributed by atoms with van der Waals surface area (Å²) in [6.45, 7) is 5.34. The summed E-state index contributed by atoms with van der Waals surface area (Å²) < 4.78 is 9.97. The first kappa shape index (κ1) is 14.0. The van der Waals surface area contributed by atoms with E-state index < -0.39 is 11.7 Å². The molecule has 0 saturated heterocycles. The predicted molar refractivity (Wildman–Crippen MR) is 63.6 cm³/mol. The monoisotopic (exact) mass is 251 g/mol. The molecule has 0 radical (unpaired) electrons. The van der Waals surface area contributed by atoms with Gasteiger partial charge in [0, 0.05) is 6.42 Å². The van der Waals surface area contributed by atoms with Crippen LogP contribution in [0, 0.1) is 11.3 Å². The van der Waals surface area contributed by atoms with Gasteiger partial charge in [-0.25, -0.2) is 9.78 Å². The number of aromatic nitrogens is 1. The Bertz CT molecular complexity index is 415. The highest BCUT2D eigenvalue weighted by molar-refractivity contribution is 5.68. The molecule has 1 atom stereocenters. The van der Waals surface area contributed by atoms with E-state index in [2.05, 4.69) is 10.3 Å². The van der Waals surface area contributed by atoms with Crippen molar-refractivity contribution in [1.82, 2.24) is 10.3 Å². The minimum atomic E-state index is -0.560. The number of nitriles is 1. The molecule has 1 aromatic rings. The Kier molecular flexibility index (Phi) is 4.72. The van der Waals surface area contributed by atoms with Crippen LogP contribution < -0.4 is 5.32 Å². The Labute approximate surface area is 106 Å². The highest BCUT2D eigenvalue weighted by Gasteiger charge is 2.20. The normalized spacial score (nSPS) is 12.6. The van der Waals surface area contributed by atoms with Gasteiger partial charge in [0.25, 0.3) is 0 Å². The van der Waals surface area contributed by atoms with Gasteiger partial charge < -0.3 is 14.5 Å². The summed E-state index contributed by atoms with van der Waals surface area (Å²) >= 11 is 0. The molecule has 0 bridgehead atoms. The lowest BCUT2D eigenvalue weighted by molar-refractivity contribution is 0.0505. The fourth-order valence-corrected chi connectivity index (χ4v) is 1.35. The van der Waals surface area contributed by atoms with Crippen molar-refractivity contribution in [2.45, 2.75) is 45.3 Å². The number of hydrogen-bond acceptors (Lipinski definition) is 5. The Morgan fingerprint density at radius 2 is 2.39 bits per heavy atom. The quantitative estimate of drug-likeness (QED) is 0.884. The van der Waals surface area contributed by atoms with Crippen molar-refractivity contribution >= 4 is 6.09 Å². The van der Waals surface area contributed by atoms with Crippen LogP contribution in [0.15, 0.2) is 17.1 Å². The first-order valence-electron chi connectivity index (χ1n) is 5.64. The number of nitrogens with one attached hydrogen (secondary N) is 1. The Morgan fingerprint density at radius 3 is 2.89 bits per heavy atom. The van der Waals surface area contributed by atoms with E-state index in [4.69, 9.17) is 14.4 Å². The summed E-state index contributed by atoms with van der Waals surface area (Å²) in [5.74, 6) is 0. The number of ether oxygens (including phenoxy) is 1. The number of oxazole rings is 1. The molecule has 1 rings (SSSR count). The molecule has 0 fully saturated rings. The van der Waals surface area contributed by atoms with Crippen molar-refractivity contribution in [2.24, 2.45) is 0 Å². The number of nitrogens with zero attached hydrogens (tertiary/aromatic N) is 2. The van der Waals surface area contributed by atoms with E-state index in [1.165, 1.54) is 12.7 Å². The van der Waals surface area contributed by atoms with Gasteiger partial charge in [-0.2, -0.15) is 5.26 Å². The molecule has 0 spiro atoms. The van der Waals surface area contributed by atoms with Crippen molar-refractivity contribution < 1.29 is 13.9 Å². The number of amides is 1. The molecule has 0 aliphatic carbocycles. The van der Waals surface area contributed by atoms with Gasteiger partial charge in [0.05, 0.1) is 24.2 Å². The zero-order valence-corrected chi connectivity index (χ0v) is 10.8. The van der Waals surface area contributed by atoms with Gasteiger partial charge in [0.15, 0.2) is 6.39 Å². The molecule has 1 unspecified atom stereocenters. The van der Waals surface area contributed by atoms with E-state index in [-0.39, 0.29) is 12.5 Å². The molecule has 1 N–H and O–H groups in total. The Balaban J connectivity index is 2.53. The molecular weight excluding hydrogens is 234 g/mol. The number of carbonyl (C=O) groups excluding carboxylic acids is 1. The fraction of sp³-hybridized carbons (Fsp3) is 0.583. The zero-order chi connectivity index (χ0) is 13.6. The molecule has 0 aromatic carbocycles. The minimum Gasteiger partial charge on any atom is -0.451 e. The summed E-state index contributed by atoms with van der Waals surface area (Å²) in [5.41, 5.74) is 0.126. The predicted octanol–water partition coefficient (Wildman–Crippen LogP) is 2.02. The molecule has 1 amide bonds. The minimum absolute atomic E-state index is 0.187. The summed E-state index contributed by atoms with van der Waals surface area (Å²) in [7, 11) is 0. The van der Waals surface area contributed by atoms with E-state index in [0.29, 0.717) is 12.1 Å². The lowest BCUT2D eigenvalue weighted by Crippen LogP contribution is -2.40. The average Bonchev–Trinajstić information content (AvgIpc) is 2.67. The summed E-state index contributed by atoms with van der Waals surface area (Å²) in [6.07, 6.45) is 2.88. The van der Waals surface area contributed by atoms with Crippen molar-refractivity contribution in [2.75, 3.05) is 0 Å². The lowest BCUT2D eigenvalue weighted by Gasteiger charge is -2.22. The van der Waals surface area contributed by atoms with Crippen LogP contribution in [0.5, 0.6) is 0 Å². The third kappa shape index (κ3) is 5.34. The highest BCUT2D eigenvalue weighted by Crippen LogP contribution is 2.08. The third-order valence-corrected chi connectivity index (χ3v) is 2.00. The van der Waals surface area contributed by atoms with E-state index in [1.54, 1.807) is 20.8 Å². The van der Waals surface area contributed by atoms with Gasteiger partial charge in [-0.05, 0) is 20.8 Å². The van der Waals surface area contributed by atoms with Crippen LogP contribution in [-0.2, 0) is 11.2 Å². The smallest absolute Gasteiger partial charge is 0.407 e. The maximum absolute atomic E-state index is 11.6. The maximum Gasteiger partial charge on any atom is 0.407 e. The average molecular weight is 251 g/mol. The SMILES string of the molecule is CC(C)(C)OC(=O)NC(CC#N)Cc1cocn1. The molecule has 0 aliphatic rings. The van der Waals surface area contributed by atoms with Gasteiger partial charge in [0.1, 0.15) is 11.9 Å². The molecule has 98 valence electrons.